The van der Waals surface area contributed by atoms with Crippen LogP contribution in [0.5, 0.6) is 0 Å². The van der Waals surface area contributed by atoms with E-state index >= 15 is 0 Å². The summed E-state index contributed by atoms with van der Waals surface area (Å²) >= 11 is 7.81. The van der Waals surface area contributed by atoms with E-state index in [1.807, 2.05) is 13.0 Å². The summed E-state index contributed by atoms with van der Waals surface area (Å²) < 4.78 is 23.5. The lowest BCUT2D eigenvalue weighted by atomic mass is 9.84. The summed E-state index contributed by atoms with van der Waals surface area (Å²) in [6.07, 6.45) is 6.29. The fourth-order valence-corrected chi connectivity index (χ4v) is 6.16. The van der Waals surface area contributed by atoms with Crippen LogP contribution in [0.1, 0.15) is 43.0 Å². The van der Waals surface area contributed by atoms with Crippen molar-refractivity contribution in [1.29, 1.82) is 0 Å². The molecule has 7 heteroatoms. The second-order valence-corrected chi connectivity index (χ2v) is 11.1. The molecule has 0 spiro atoms. The highest BCUT2D eigenvalue weighted by molar-refractivity contribution is 8.03. The predicted molar refractivity (Wildman–Crippen MR) is 114 cm³/mol. The fourth-order valence-electron chi connectivity index (χ4n) is 3.87. The molecule has 0 aromatic heterocycles. The largest absolute Gasteiger partial charge is 0.294 e. The minimum absolute atomic E-state index is 0.0466. The van der Waals surface area contributed by atoms with E-state index < -0.39 is 15.6 Å². The van der Waals surface area contributed by atoms with Crippen LogP contribution in [-0.4, -0.2) is 31.5 Å². The topological polar surface area (TPSA) is 68.3 Å². The lowest BCUT2D eigenvalue weighted by molar-refractivity contribution is -0.119. The van der Waals surface area contributed by atoms with Crippen LogP contribution in [0.15, 0.2) is 46.2 Å². The molecule has 28 heavy (non-hydrogen) atoms. The third-order valence-corrected chi connectivity index (χ3v) is 8.49. The Bertz CT molecular complexity index is 978. The van der Waals surface area contributed by atoms with E-state index in [0.717, 1.165) is 36.8 Å². The number of sulfone groups is 1. The average Bonchev–Trinajstić information content (AvgIpc) is 3.09. The molecule has 1 fully saturated rings. The monoisotopic (exact) mass is 438 g/mol. The van der Waals surface area contributed by atoms with Crippen molar-refractivity contribution in [2.45, 2.75) is 42.8 Å². The lowest BCUT2D eigenvalue weighted by Gasteiger charge is -2.26. The molecule has 0 amide bonds. The first kappa shape index (κ1) is 21.3. The minimum Gasteiger partial charge on any atom is -0.294 e. The van der Waals surface area contributed by atoms with E-state index in [4.69, 9.17) is 11.6 Å². The number of fused-ring (bicyclic) bond motifs is 2. The molecule has 2 aliphatic rings. The maximum Gasteiger partial charge on any atom is 0.198 e. The first-order valence-electron chi connectivity index (χ1n) is 9.29. The van der Waals surface area contributed by atoms with Gasteiger partial charge in [0.15, 0.2) is 21.4 Å². The van der Waals surface area contributed by atoms with Gasteiger partial charge in [-0.1, -0.05) is 24.6 Å². The molecule has 3 atom stereocenters. The molecule has 0 radical (unpaired) electrons. The van der Waals surface area contributed by atoms with Crippen LogP contribution in [0, 0.1) is 11.8 Å². The van der Waals surface area contributed by atoms with Crippen LogP contribution < -0.4 is 0 Å². The molecule has 2 aliphatic carbocycles. The smallest absolute Gasteiger partial charge is 0.198 e. The predicted octanol–water partition coefficient (Wildman–Crippen LogP) is 4.88. The summed E-state index contributed by atoms with van der Waals surface area (Å²) in [5.41, 5.74) is 0.404. The maximum atomic E-state index is 13.3. The Kier molecular flexibility index (Phi) is 6.23. The van der Waals surface area contributed by atoms with Gasteiger partial charge in [-0.15, -0.1) is 18.3 Å². The molecule has 150 valence electrons. The zero-order valence-corrected chi connectivity index (χ0v) is 18.3. The van der Waals surface area contributed by atoms with Crippen LogP contribution in [0.25, 0.3) is 0 Å². The van der Waals surface area contributed by atoms with Crippen molar-refractivity contribution >= 4 is 44.8 Å². The number of thioether (sulfide) groups is 1. The second kappa shape index (κ2) is 8.17. The Morgan fingerprint density at radius 1 is 1.36 bits per heavy atom. The average molecular weight is 439 g/mol. The second-order valence-electron chi connectivity index (χ2n) is 7.35. The van der Waals surface area contributed by atoms with Crippen LogP contribution >= 0.6 is 23.4 Å². The minimum atomic E-state index is -3.43. The molecular weight excluding hydrogens is 416 g/mol. The molecule has 3 unspecified atom stereocenters. The highest BCUT2D eigenvalue weighted by Crippen LogP contribution is 2.49. The molecule has 4 nitrogen and oxygen atoms in total. The van der Waals surface area contributed by atoms with Crippen molar-refractivity contribution in [2.24, 2.45) is 11.8 Å². The summed E-state index contributed by atoms with van der Waals surface area (Å²) in [4.78, 5) is 27.3. The van der Waals surface area contributed by atoms with Crippen LogP contribution in [-0.2, 0) is 14.6 Å². The SMILES string of the molecule is C=CC(CC)SC1=C(C(=O)c2ccc(S(C)(=O)=O)cc2Cl)C(=O)C2CCC1C2. The van der Waals surface area contributed by atoms with Crippen molar-refractivity contribution in [2.75, 3.05) is 6.26 Å². The van der Waals surface area contributed by atoms with Gasteiger partial charge in [-0.2, -0.15) is 0 Å². The van der Waals surface area contributed by atoms with Crippen molar-refractivity contribution < 1.29 is 18.0 Å². The third kappa shape index (κ3) is 4.00. The van der Waals surface area contributed by atoms with Crippen LogP contribution in [0.2, 0.25) is 5.02 Å². The van der Waals surface area contributed by atoms with Gasteiger partial charge >= 0.3 is 0 Å². The van der Waals surface area contributed by atoms with Gasteiger partial charge in [0, 0.05) is 27.9 Å². The molecule has 2 bridgehead atoms. The number of ketones is 2. The number of carbonyl (C=O) groups is 2. The summed E-state index contributed by atoms with van der Waals surface area (Å²) in [5.74, 6) is -0.405. The van der Waals surface area contributed by atoms with Crippen LogP contribution in [0.3, 0.4) is 0 Å². The molecule has 0 heterocycles. The van der Waals surface area contributed by atoms with E-state index in [-0.39, 0.29) is 43.9 Å². The zero-order valence-electron chi connectivity index (χ0n) is 15.9. The van der Waals surface area contributed by atoms with Gasteiger partial charge in [0.05, 0.1) is 15.5 Å². The molecule has 0 saturated heterocycles. The van der Waals surface area contributed by atoms with Gasteiger partial charge in [-0.25, -0.2) is 8.42 Å². The highest BCUT2D eigenvalue weighted by atomic mass is 35.5. The van der Waals surface area contributed by atoms with E-state index in [2.05, 4.69) is 6.58 Å². The zero-order chi connectivity index (χ0) is 20.6. The number of halogens is 1. The fraction of sp³-hybridized carbons (Fsp3) is 0.429. The summed E-state index contributed by atoms with van der Waals surface area (Å²) in [5, 5.41) is 0.178. The Balaban J connectivity index is 2.08. The Morgan fingerprint density at radius 3 is 2.61 bits per heavy atom. The number of rotatable bonds is 7. The van der Waals surface area contributed by atoms with E-state index in [1.54, 1.807) is 11.8 Å². The van der Waals surface area contributed by atoms with Crippen molar-refractivity contribution in [3.8, 4) is 0 Å². The number of benzene rings is 1. The number of carbonyl (C=O) groups excluding carboxylic acids is 2. The maximum absolute atomic E-state index is 13.3. The molecule has 1 aromatic carbocycles. The number of hydrogen-bond donors (Lipinski definition) is 0. The molecule has 0 N–H and O–H groups in total. The highest BCUT2D eigenvalue weighted by Gasteiger charge is 2.43. The standard InChI is InChI=1S/C21H23ClO4S2/c1-4-14(5-2)27-21-13-7-6-12(10-13)19(23)18(21)20(24)16-9-8-15(11-17(16)22)28(3,25)26/h4,8-9,11-14H,1,5-7,10H2,2-3H3. The van der Waals surface area contributed by atoms with Gasteiger partial charge in [-0.05, 0) is 49.8 Å². The summed E-state index contributed by atoms with van der Waals surface area (Å²) in [7, 11) is -3.43. The number of hydrogen-bond acceptors (Lipinski definition) is 5. The van der Waals surface area contributed by atoms with E-state index in [9.17, 15) is 18.0 Å². The van der Waals surface area contributed by atoms with Gasteiger partial charge in [0.25, 0.3) is 0 Å². The first-order valence-corrected chi connectivity index (χ1v) is 12.4. The molecule has 1 aromatic rings. The third-order valence-electron chi connectivity index (χ3n) is 5.45. The number of allylic oxidation sites excluding steroid dienone is 2. The Labute approximate surface area is 175 Å². The molecule has 3 rings (SSSR count). The Hall–Kier alpha value is -1.37. The van der Waals surface area contributed by atoms with E-state index in [0.29, 0.717) is 0 Å². The lowest BCUT2D eigenvalue weighted by Crippen LogP contribution is -2.27. The quantitative estimate of drug-likeness (QED) is 0.345. The number of Topliss-reactive ketones (excluding diaryl/α,β-unsaturated/α-hetero) is 2. The molecule has 1 saturated carbocycles. The van der Waals surface area contributed by atoms with Gasteiger partial charge in [0.1, 0.15) is 0 Å². The summed E-state index contributed by atoms with van der Waals surface area (Å²) in [6, 6.07) is 4.05. The van der Waals surface area contributed by atoms with Gasteiger partial charge < -0.3 is 0 Å². The van der Waals surface area contributed by atoms with Crippen molar-refractivity contribution in [3.63, 3.8) is 0 Å². The summed E-state index contributed by atoms with van der Waals surface area (Å²) in [6.45, 7) is 5.91. The molecule has 0 aliphatic heterocycles. The van der Waals surface area contributed by atoms with Crippen molar-refractivity contribution in [3.05, 3.63) is 51.9 Å². The normalized spacial score (nSPS) is 23.0. The Morgan fingerprint density at radius 2 is 2.04 bits per heavy atom. The van der Waals surface area contributed by atoms with Gasteiger partial charge in [-0.3, -0.25) is 9.59 Å². The first-order chi connectivity index (χ1) is 13.2. The van der Waals surface area contributed by atoms with E-state index in [1.165, 1.54) is 18.2 Å². The molecular formula is C21H23ClO4S2. The van der Waals surface area contributed by atoms with Crippen LogP contribution in [0.4, 0.5) is 0 Å². The van der Waals surface area contributed by atoms with Crippen molar-refractivity contribution in [1.82, 2.24) is 0 Å². The van der Waals surface area contributed by atoms with Gasteiger partial charge in [0.2, 0.25) is 0 Å².